The summed E-state index contributed by atoms with van der Waals surface area (Å²) in [7, 11) is -6.79. The highest BCUT2D eigenvalue weighted by atomic mass is 32.2. The topological polar surface area (TPSA) is 118 Å². The maximum Gasteiger partial charge on any atom is 0.243 e. The first-order chi connectivity index (χ1) is 9.24. The van der Waals surface area contributed by atoms with Gasteiger partial charge in [0.1, 0.15) is 14.7 Å². The molecule has 8 nitrogen and oxygen atoms in total. The third-order valence-electron chi connectivity index (χ3n) is 2.26. The van der Waals surface area contributed by atoms with E-state index in [0.29, 0.717) is 12.5 Å². The molecule has 0 radical (unpaired) electrons. The van der Waals surface area contributed by atoms with Crippen LogP contribution in [0.25, 0.3) is 0 Å². The molecule has 0 fully saturated rings. The molecule has 1 aromatic rings. The van der Waals surface area contributed by atoms with Gasteiger partial charge in [-0.05, 0) is 13.3 Å². The zero-order valence-electron chi connectivity index (χ0n) is 11.3. The Kier molecular flexibility index (Phi) is 5.84. The van der Waals surface area contributed by atoms with E-state index in [-0.39, 0.29) is 23.6 Å². The summed E-state index contributed by atoms with van der Waals surface area (Å²) in [5.74, 6) is 0.286. The molecule has 0 aliphatic heterocycles. The van der Waals surface area contributed by atoms with Crippen molar-refractivity contribution in [3.05, 3.63) is 12.4 Å². The number of sulfone groups is 1. The Labute approximate surface area is 119 Å². The van der Waals surface area contributed by atoms with Crippen LogP contribution >= 0.6 is 0 Å². The predicted molar refractivity (Wildman–Crippen MR) is 75.7 cm³/mol. The number of anilines is 1. The van der Waals surface area contributed by atoms with Crippen LogP contribution in [0.2, 0.25) is 0 Å². The number of rotatable bonds is 8. The van der Waals surface area contributed by atoms with Gasteiger partial charge in [-0.25, -0.2) is 31.5 Å². The Hall–Kier alpha value is -1.26. The second-order valence-corrected chi connectivity index (χ2v) is 8.18. The van der Waals surface area contributed by atoms with Gasteiger partial charge in [-0.2, -0.15) is 0 Å². The highest BCUT2D eigenvalue weighted by Crippen LogP contribution is 2.07. The van der Waals surface area contributed by atoms with E-state index in [2.05, 4.69) is 20.0 Å². The molecule has 0 aliphatic carbocycles. The van der Waals surface area contributed by atoms with E-state index in [1.54, 1.807) is 0 Å². The second kappa shape index (κ2) is 6.95. The lowest BCUT2D eigenvalue weighted by molar-refractivity contribution is 0.576. The van der Waals surface area contributed by atoms with Crippen molar-refractivity contribution in [2.24, 2.45) is 0 Å². The molecule has 0 bridgehead atoms. The van der Waals surface area contributed by atoms with Crippen LogP contribution in [0.15, 0.2) is 17.3 Å². The van der Waals surface area contributed by atoms with Gasteiger partial charge in [0.15, 0.2) is 0 Å². The van der Waals surface area contributed by atoms with E-state index in [4.69, 9.17) is 0 Å². The Morgan fingerprint density at radius 1 is 1.15 bits per heavy atom. The first-order valence-electron chi connectivity index (χ1n) is 5.98. The lowest BCUT2D eigenvalue weighted by Gasteiger charge is -2.06. The van der Waals surface area contributed by atoms with E-state index in [1.165, 1.54) is 12.4 Å². The summed E-state index contributed by atoms with van der Waals surface area (Å²) in [5.41, 5.74) is 0. The van der Waals surface area contributed by atoms with E-state index >= 15 is 0 Å². The largest absolute Gasteiger partial charge is 0.355 e. The summed E-state index contributed by atoms with van der Waals surface area (Å²) < 4.78 is 47.9. The third kappa shape index (κ3) is 5.80. The molecular weight excluding hydrogens is 304 g/mol. The number of nitrogens with zero attached hydrogens (tertiary/aromatic N) is 2. The summed E-state index contributed by atoms with van der Waals surface area (Å²) in [6, 6.07) is 0. The molecule has 0 unspecified atom stereocenters. The Bertz CT molecular complexity index is 626. The van der Waals surface area contributed by atoms with Gasteiger partial charge in [0.25, 0.3) is 0 Å². The Morgan fingerprint density at radius 3 is 2.25 bits per heavy atom. The van der Waals surface area contributed by atoms with Gasteiger partial charge in [-0.3, -0.25) is 0 Å². The van der Waals surface area contributed by atoms with Gasteiger partial charge >= 0.3 is 0 Å². The van der Waals surface area contributed by atoms with E-state index in [9.17, 15) is 16.8 Å². The van der Waals surface area contributed by atoms with Gasteiger partial charge in [0, 0.05) is 19.3 Å². The van der Waals surface area contributed by atoms with E-state index in [1.807, 2.05) is 6.92 Å². The molecule has 0 amide bonds. The van der Waals surface area contributed by atoms with Crippen LogP contribution in [0.1, 0.15) is 13.3 Å². The van der Waals surface area contributed by atoms with Crippen molar-refractivity contribution in [1.82, 2.24) is 14.7 Å². The molecule has 114 valence electrons. The lowest BCUT2D eigenvalue weighted by Crippen LogP contribution is -2.26. The van der Waals surface area contributed by atoms with Gasteiger partial charge in [-0.15, -0.1) is 0 Å². The van der Waals surface area contributed by atoms with Crippen LogP contribution in [-0.2, 0) is 19.9 Å². The average molecular weight is 322 g/mol. The second-order valence-electron chi connectivity index (χ2n) is 4.15. The number of hydrogen-bond donors (Lipinski definition) is 2. The number of sulfonamides is 1. The van der Waals surface area contributed by atoms with Crippen molar-refractivity contribution in [3.63, 3.8) is 0 Å². The fourth-order valence-electron chi connectivity index (χ4n) is 1.33. The fourth-order valence-corrected chi connectivity index (χ4v) is 2.96. The molecule has 1 aromatic heterocycles. The molecule has 10 heteroatoms. The van der Waals surface area contributed by atoms with Gasteiger partial charge in [0.05, 0.1) is 18.1 Å². The maximum absolute atomic E-state index is 11.9. The normalized spacial score (nSPS) is 12.3. The van der Waals surface area contributed by atoms with Crippen LogP contribution in [0.4, 0.5) is 5.95 Å². The minimum absolute atomic E-state index is 0.0460. The molecule has 2 N–H and O–H groups in total. The summed E-state index contributed by atoms with van der Waals surface area (Å²) in [6.45, 7) is 2.55. The first kappa shape index (κ1) is 16.8. The van der Waals surface area contributed by atoms with Crippen molar-refractivity contribution >= 4 is 25.8 Å². The molecular formula is C10H18N4O4S2. The van der Waals surface area contributed by atoms with Crippen LogP contribution < -0.4 is 10.0 Å². The summed E-state index contributed by atoms with van der Waals surface area (Å²) >= 11 is 0. The third-order valence-corrected chi connectivity index (χ3v) is 4.70. The van der Waals surface area contributed by atoms with Crippen molar-refractivity contribution < 1.29 is 16.8 Å². The zero-order valence-corrected chi connectivity index (χ0v) is 13.0. The Balaban J connectivity index is 2.60. The van der Waals surface area contributed by atoms with E-state index < -0.39 is 19.9 Å². The Morgan fingerprint density at radius 2 is 1.75 bits per heavy atom. The van der Waals surface area contributed by atoms with Crippen LogP contribution in [0.3, 0.4) is 0 Å². The fraction of sp³-hybridized carbons (Fsp3) is 0.600. The first-order valence-corrected chi connectivity index (χ1v) is 9.52. The van der Waals surface area contributed by atoms with Gasteiger partial charge in [-0.1, -0.05) is 0 Å². The number of aromatic nitrogens is 2. The summed E-state index contributed by atoms with van der Waals surface area (Å²) in [4.78, 5) is 7.67. The summed E-state index contributed by atoms with van der Waals surface area (Å²) in [5, 5.41) is 2.85. The molecule has 0 aromatic carbocycles. The molecule has 0 saturated carbocycles. The molecule has 0 spiro atoms. The number of hydrogen-bond acceptors (Lipinski definition) is 7. The van der Waals surface area contributed by atoms with Crippen LogP contribution in [0, 0.1) is 0 Å². The average Bonchev–Trinajstić information content (AvgIpc) is 2.35. The molecule has 1 rings (SSSR count). The van der Waals surface area contributed by atoms with Gasteiger partial charge < -0.3 is 5.32 Å². The monoisotopic (exact) mass is 322 g/mol. The highest BCUT2D eigenvalue weighted by molar-refractivity contribution is 7.90. The van der Waals surface area contributed by atoms with Crippen molar-refractivity contribution in [2.45, 2.75) is 18.2 Å². The summed E-state index contributed by atoms with van der Waals surface area (Å²) in [6.07, 6.45) is 3.72. The molecule has 0 aliphatic rings. The zero-order chi connectivity index (χ0) is 15.2. The molecule has 1 heterocycles. The number of nitrogens with one attached hydrogen (secondary N) is 2. The van der Waals surface area contributed by atoms with Crippen LogP contribution in [0.5, 0.6) is 0 Å². The van der Waals surface area contributed by atoms with Crippen LogP contribution in [-0.4, -0.2) is 51.9 Å². The van der Waals surface area contributed by atoms with Crippen molar-refractivity contribution in [1.29, 1.82) is 0 Å². The molecule has 0 saturated heterocycles. The maximum atomic E-state index is 11.9. The minimum Gasteiger partial charge on any atom is -0.355 e. The quantitative estimate of drug-likeness (QED) is 0.626. The minimum atomic E-state index is -3.71. The highest BCUT2D eigenvalue weighted by Gasteiger charge is 2.15. The standard InChI is InChI=1S/C10H18N4O4S2/c1-3-11-10-12-7-9(8-13-10)20(17,18)14-5-4-6-19(2,15)16/h7-8,14H,3-6H2,1-2H3,(H,11,12,13). The molecule has 20 heavy (non-hydrogen) atoms. The molecule has 0 atom stereocenters. The van der Waals surface area contributed by atoms with Crippen molar-refractivity contribution in [2.75, 3.05) is 30.4 Å². The lowest BCUT2D eigenvalue weighted by atomic mass is 10.5. The SMILES string of the molecule is CCNc1ncc(S(=O)(=O)NCCCS(C)(=O)=O)cn1. The van der Waals surface area contributed by atoms with Gasteiger partial charge in [0.2, 0.25) is 16.0 Å². The predicted octanol–water partition coefficient (Wildman–Crippen LogP) is -0.379. The van der Waals surface area contributed by atoms with Crippen molar-refractivity contribution in [3.8, 4) is 0 Å². The van der Waals surface area contributed by atoms with E-state index in [0.717, 1.165) is 6.26 Å². The smallest absolute Gasteiger partial charge is 0.243 e.